The van der Waals surface area contributed by atoms with Crippen molar-refractivity contribution in [3.63, 3.8) is 0 Å². The van der Waals surface area contributed by atoms with Crippen molar-refractivity contribution < 1.29 is 8.83 Å². The van der Waals surface area contributed by atoms with Crippen molar-refractivity contribution in [2.45, 2.75) is 0 Å². The Hall–Kier alpha value is -7.77. The largest absolute Gasteiger partial charge is 0.456 e. The van der Waals surface area contributed by atoms with E-state index in [1.165, 1.54) is 0 Å². The topological polar surface area (TPSA) is 90.7 Å². The van der Waals surface area contributed by atoms with Crippen LogP contribution in [0, 0.1) is 0 Å². The molecule has 0 N–H and O–H groups in total. The summed E-state index contributed by atoms with van der Waals surface area (Å²) in [5.41, 5.74) is 11.3. The molecule has 0 unspecified atom stereocenters. The number of aromatic nitrogens is 5. The molecule has 4 heterocycles. The maximum absolute atomic E-state index is 6.43. The highest BCUT2D eigenvalue weighted by Gasteiger charge is 2.20. The molecule has 0 radical (unpaired) electrons. The fourth-order valence-corrected chi connectivity index (χ4v) is 7.45. The van der Waals surface area contributed by atoms with E-state index in [9.17, 15) is 0 Å². The van der Waals surface area contributed by atoms with Gasteiger partial charge in [0.05, 0.1) is 0 Å². The lowest BCUT2D eigenvalue weighted by Crippen LogP contribution is -2.00. The van der Waals surface area contributed by atoms with Crippen molar-refractivity contribution in [3.05, 3.63) is 176 Å². The van der Waals surface area contributed by atoms with E-state index in [2.05, 4.69) is 36.4 Å². The zero-order chi connectivity index (χ0) is 37.0. The van der Waals surface area contributed by atoms with Gasteiger partial charge in [-0.25, -0.2) is 24.9 Å². The van der Waals surface area contributed by atoms with Gasteiger partial charge >= 0.3 is 0 Å². The second-order valence-corrected chi connectivity index (χ2v) is 13.6. The molecule has 7 heteroatoms. The average molecular weight is 720 g/mol. The van der Waals surface area contributed by atoms with Crippen LogP contribution >= 0.6 is 0 Å². The zero-order valence-electron chi connectivity index (χ0n) is 29.8. The number of rotatable bonds is 6. The van der Waals surface area contributed by atoms with Gasteiger partial charge in [0.1, 0.15) is 28.0 Å². The minimum absolute atomic E-state index is 0.590. The molecule has 4 aromatic heterocycles. The van der Waals surface area contributed by atoms with Gasteiger partial charge in [-0.3, -0.25) is 0 Å². The van der Waals surface area contributed by atoms with Crippen molar-refractivity contribution in [3.8, 4) is 67.9 Å². The molecule has 7 nitrogen and oxygen atoms in total. The average Bonchev–Trinajstić information content (AvgIpc) is 3.85. The highest BCUT2D eigenvalue weighted by Crippen LogP contribution is 2.40. The first-order chi connectivity index (χ1) is 27.7. The number of fused-ring (bicyclic) bond motifs is 6. The highest BCUT2D eigenvalue weighted by molar-refractivity contribution is 6.13. The SMILES string of the molecule is c1ccc(-c2nc(-c3ccccc3)nc(-c3ccc4oc5cccc(-c6ccc(-c7nc(-c8ccccc8)nc8c7oc7ccccc78)cc6)c5c4c3)n2)cc1. The third-order valence-corrected chi connectivity index (χ3v) is 10.2. The smallest absolute Gasteiger partial charge is 0.180 e. The van der Waals surface area contributed by atoms with Gasteiger partial charge in [0.25, 0.3) is 0 Å². The van der Waals surface area contributed by atoms with E-state index in [-0.39, 0.29) is 0 Å². The lowest BCUT2D eigenvalue weighted by atomic mass is 9.97. The van der Waals surface area contributed by atoms with E-state index in [0.29, 0.717) is 28.9 Å². The molecule has 262 valence electrons. The molecule has 0 aliphatic heterocycles. The Labute approximate surface area is 320 Å². The van der Waals surface area contributed by atoms with Gasteiger partial charge in [-0.2, -0.15) is 0 Å². The van der Waals surface area contributed by atoms with Crippen LogP contribution in [0.1, 0.15) is 0 Å². The van der Waals surface area contributed by atoms with Crippen molar-refractivity contribution in [1.29, 1.82) is 0 Å². The zero-order valence-corrected chi connectivity index (χ0v) is 29.8. The first-order valence-electron chi connectivity index (χ1n) is 18.4. The van der Waals surface area contributed by atoms with Crippen LogP contribution in [-0.4, -0.2) is 24.9 Å². The molecule has 0 spiro atoms. The van der Waals surface area contributed by atoms with Gasteiger partial charge < -0.3 is 8.83 Å². The second-order valence-electron chi connectivity index (χ2n) is 13.6. The third-order valence-electron chi connectivity index (χ3n) is 10.2. The summed E-state index contributed by atoms with van der Waals surface area (Å²) in [7, 11) is 0. The first-order valence-corrected chi connectivity index (χ1v) is 18.4. The van der Waals surface area contributed by atoms with E-state index in [1.54, 1.807) is 0 Å². The number of benzene rings is 7. The quantitative estimate of drug-likeness (QED) is 0.169. The Morgan fingerprint density at radius 1 is 0.321 bits per heavy atom. The molecule has 0 fully saturated rings. The summed E-state index contributed by atoms with van der Waals surface area (Å²) in [5.74, 6) is 2.48. The van der Waals surface area contributed by atoms with E-state index in [1.807, 2.05) is 140 Å². The van der Waals surface area contributed by atoms with Gasteiger partial charge in [0, 0.05) is 44.0 Å². The van der Waals surface area contributed by atoms with Gasteiger partial charge in [0.2, 0.25) is 0 Å². The standard InChI is InChI=1S/C49H29N5O2/c1-4-13-32(14-5-1)46-50-43(45-44(51-46)37-19-10-11-21-39(37)56-45)31-25-23-30(24-26-31)36-20-12-22-41-42(36)38-29-35(27-28-40(38)55-41)49-53-47(33-15-6-2-7-16-33)52-48(54-49)34-17-8-3-9-18-34/h1-29H. The summed E-state index contributed by atoms with van der Waals surface area (Å²) in [5, 5.41) is 2.96. The number of furan rings is 2. The lowest BCUT2D eigenvalue weighted by Gasteiger charge is -2.09. The summed E-state index contributed by atoms with van der Waals surface area (Å²) < 4.78 is 12.8. The number of para-hydroxylation sites is 1. The van der Waals surface area contributed by atoms with Crippen molar-refractivity contribution in [2.24, 2.45) is 0 Å². The summed E-state index contributed by atoms with van der Waals surface area (Å²) >= 11 is 0. The van der Waals surface area contributed by atoms with Crippen molar-refractivity contribution in [2.75, 3.05) is 0 Å². The molecule has 0 bridgehead atoms. The number of nitrogens with zero attached hydrogens (tertiary/aromatic N) is 5. The maximum Gasteiger partial charge on any atom is 0.180 e. The monoisotopic (exact) mass is 719 g/mol. The number of hydrogen-bond donors (Lipinski definition) is 0. The molecule has 0 saturated heterocycles. The molecular formula is C49H29N5O2. The van der Waals surface area contributed by atoms with E-state index in [0.717, 1.165) is 83.1 Å². The van der Waals surface area contributed by atoms with Crippen LogP contribution in [0.5, 0.6) is 0 Å². The fraction of sp³-hybridized carbons (Fsp3) is 0. The predicted molar refractivity (Wildman–Crippen MR) is 223 cm³/mol. The minimum Gasteiger partial charge on any atom is -0.456 e. The lowest BCUT2D eigenvalue weighted by molar-refractivity contribution is 0.667. The van der Waals surface area contributed by atoms with Crippen LogP contribution < -0.4 is 0 Å². The molecule has 0 aliphatic rings. The molecule has 0 aliphatic carbocycles. The van der Waals surface area contributed by atoms with E-state index < -0.39 is 0 Å². The van der Waals surface area contributed by atoms with Crippen molar-refractivity contribution in [1.82, 2.24) is 24.9 Å². The normalized spacial score (nSPS) is 11.6. The van der Waals surface area contributed by atoms with Gasteiger partial charge in [-0.1, -0.05) is 140 Å². The molecule has 0 amide bonds. The van der Waals surface area contributed by atoms with Crippen LogP contribution in [0.15, 0.2) is 185 Å². The Balaban J connectivity index is 1.04. The maximum atomic E-state index is 6.43. The van der Waals surface area contributed by atoms with E-state index >= 15 is 0 Å². The summed E-state index contributed by atoms with van der Waals surface area (Å²) in [6.07, 6.45) is 0. The Morgan fingerprint density at radius 2 is 0.839 bits per heavy atom. The fourth-order valence-electron chi connectivity index (χ4n) is 7.45. The van der Waals surface area contributed by atoms with Crippen molar-refractivity contribution >= 4 is 44.0 Å². The first kappa shape index (κ1) is 31.7. The predicted octanol–water partition coefficient (Wildman–Crippen LogP) is 12.5. The summed E-state index contributed by atoms with van der Waals surface area (Å²) in [6.45, 7) is 0. The minimum atomic E-state index is 0.590. The molecule has 7 aromatic carbocycles. The molecule has 11 aromatic rings. The Bertz CT molecular complexity index is 3170. The van der Waals surface area contributed by atoms with E-state index in [4.69, 9.17) is 33.8 Å². The molecule has 56 heavy (non-hydrogen) atoms. The molecule has 0 saturated carbocycles. The second kappa shape index (κ2) is 13.0. The van der Waals surface area contributed by atoms with Gasteiger partial charge in [0.15, 0.2) is 28.9 Å². The number of hydrogen-bond acceptors (Lipinski definition) is 7. The third kappa shape index (κ3) is 5.41. The van der Waals surface area contributed by atoms with Gasteiger partial charge in [-0.15, -0.1) is 0 Å². The molecule has 0 atom stereocenters. The van der Waals surface area contributed by atoms with Crippen LogP contribution in [0.4, 0.5) is 0 Å². The summed E-state index contributed by atoms with van der Waals surface area (Å²) in [4.78, 5) is 24.9. The highest BCUT2D eigenvalue weighted by atomic mass is 16.3. The summed E-state index contributed by atoms with van der Waals surface area (Å²) in [6, 6.07) is 58.9. The van der Waals surface area contributed by atoms with Crippen LogP contribution in [-0.2, 0) is 0 Å². The van der Waals surface area contributed by atoms with Crippen LogP contribution in [0.25, 0.3) is 112 Å². The van der Waals surface area contributed by atoms with Gasteiger partial charge in [-0.05, 0) is 47.5 Å². The Kier molecular flexibility index (Phi) is 7.35. The Morgan fingerprint density at radius 3 is 1.50 bits per heavy atom. The van der Waals surface area contributed by atoms with Crippen LogP contribution in [0.2, 0.25) is 0 Å². The molecular weight excluding hydrogens is 691 g/mol. The molecule has 11 rings (SSSR count). The van der Waals surface area contributed by atoms with Crippen LogP contribution in [0.3, 0.4) is 0 Å².